The molecule has 0 aliphatic heterocycles. The van der Waals surface area contributed by atoms with E-state index in [1.54, 1.807) is 0 Å². The Kier molecular flexibility index (Phi) is 5.82. The van der Waals surface area contributed by atoms with Crippen molar-refractivity contribution in [2.75, 3.05) is 25.0 Å². The summed E-state index contributed by atoms with van der Waals surface area (Å²) in [5, 5.41) is 3.43. The zero-order valence-electron chi connectivity index (χ0n) is 13.3. The molecule has 0 spiro atoms. The number of nitrogens with zero attached hydrogens (tertiary/aromatic N) is 1. The van der Waals surface area contributed by atoms with Crippen molar-refractivity contribution in [3.05, 3.63) is 65.7 Å². The first-order valence-electron chi connectivity index (χ1n) is 7.78. The SMILES string of the molecule is CCN(CCC(NC)c1ccccc1)c1ccc(C)cc1. The lowest BCUT2D eigenvalue weighted by molar-refractivity contribution is 0.544. The second kappa shape index (κ2) is 7.84. The van der Waals surface area contributed by atoms with Crippen LogP contribution in [0.5, 0.6) is 0 Å². The van der Waals surface area contributed by atoms with Crippen molar-refractivity contribution < 1.29 is 0 Å². The molecule has 0 aliphatic carbocycles. The van der Waals surface area contributed by atoms with Crippen LogP contribution in [0, 0.1) is 6.92 Å². The zero-order chi connectivity index (χ0) is 15.1. The fraction of sp³-hybridized carbons (Fsp3) is 0.368. The molecule has 0 aromatic heterocycles. The third-order valence-corrected chi connectivity index (χ3v) is 4.02. The van der Waals surface area contributed by atoms with Crippen LogP contribution in [0.3, 0.4) is 0 Å². The van der Waals surface area contributed by atoms with E-state index in [-0.39, 0.29) is 0 Å². The van der Waals surface area contributed by atoms with E-state index in [1.807, 2.05) is 7.05 Å². The summed E-state index contributed by atoms with van der Waals surface area (Å²) in [6.45, 7) is 6.44. The van der Waals surface area contributed by atoms with E-state index in [9.17, 15) is 0 Å². The van der Waals surface area contributed by atoms with Crippen molar-refractivity contribution >= 4 is 5.69 Å². The molecular weight excluding hydrogens is 256 g/mol. The molecule has 0 aliphatic rings. The Morgan fingerprint density at radius 3 is 2.24 bits per heavy atom. The summed E-state index contributed by atoms with van der Waals surface area (Å²) in [5.41, 5.74) is 3.98. The van der Waals surface area contributed by atoms with Crippen molar-refractivity contribution in [2.45, 2.75) is 26.3 Å². The van der Waals surface area contributed by atoms with Gasteiger partial charge in [-0.2, -0.15) is 0 Å². The average molecular weight is 282 g/mol. The predicted octanol–water partition coefficient (Wildman–Crippen LogP) is 4.17. The number of hydrogen-bond acceptors (Lipinski definition) is 2. The van der Waals surface area contributed by atoms with Crippen molar-refractivity contribution in [2.24, 2.45) is 0 Å². The molecule has 1 unspecified atom stereocenters. The molecular formula is C19H26N2. The minimum absolute atomic E-state index is 0.408. The van der Waals surface area contributed by atoms with Crippen LogP contribution in [0.4, 0.5) is 5.69 Å². The maximum Gasteiger partial charge on any atom is 0.0366 e. The number of aryl methyl sites for hydroxylation is 1. The number of benzene rings is 2. The maximum absolute atomic E-state index is 3.43. The van der Waals surface area contributed by atoms with Gasteiger partial charge in [-0.1, -0.05) is 48.0 Å². The van der Waals surface area contributed by atoms with E-state index in [1.165, 1.54) is 16.8 Å². The Morgan fingerprint density at radius 2 is 1.67 bits per heavy atom. The summed E-state index contributed by atoms with van der Waals surface area (Å²) < 4.78 is 0. The van der Waals surface area contributed by atoms with Crippen LogP contribution in [0.15, 0.2) is 54.6 Å². The van der Waals surface area contributed by atoms with Gasteiger partial charge < -0.3 is 10.2 Å². The highest BCUT2D eigenvalue weighted by Crippen LogP contribution is 2.20. The number of anilines is 1. The summed E-state index contributed by atoms with van der Waals surface area (Å²) in [6.07, 6.45) is 1.10. The molecule has 0 saturated heterocycles. The number of rotatable bonds is 7. The van der Waals surface area contributed by atoms with Crippen LogP contribution < -0.4 is 10.2 Å². The summed E-state index contributed by atoms with van der Waals surface area (Å²) in [5.74, 6) is 0. The molecule has 0 fully saturated rings. The summed E-state index contributed by atoms with van der Waals surface area (Å²) in [4.78, 5) is 2.44. The van der Waals surface area contributed by atoms with Crippen LogP contribution in [0.25, 0.3) is 0 Å². The van der Waals surface area contributed by atoms with Crippen molar-refractivity contribution in [3.63, 3.8) is 0 Å². The van der Waals surface area contributed by atoms with Gasteiger partial charge in [-0.15, -0.1) is 0 Å². The summed E-state index contributed by atoms with van der Waals surface area (Å²) in [7, 11) is 2.04. The highest BCUT2D eigenvalue weighted by atomic mass is 15.1. The summed E-state index contributed by atoms with van der Waals surface area (Å²) in [6, 6.07) is 19.9. The maximum atomic E-state index is 3.43. The first-order valence-corrected chi connectivity index (χ1v) is 7.78. The molecule has 0 bridgehead atoms. The monoisotopic (exact) mass is 282 g/mol. The second-order valence-corrected chi connectivity index (χ2v) is 5.46. The van der Waals surface area contributed by atoms with Crippen LogP contribution in [0.1, 0.15) is 30.5 Å². The minimum Gasteiger partial charge on any atom is -0.372 e. The lowest BCUT2D eigenvalue weighted by Crippen LogP contribution is -2.28. The minimum atomic E-state index is 0.408. The van der Waals surface area contributed by atoms with Gasteiger partial charge >= 0.3 is 0 Å². The van der Waals surface area contributed by atoms with Gasteiger partial charge in [0.1, 0.15) is 0 Å². The van der Waals surface area contributed by atoms with Gasteiger partial charge in [0.05, 0.1) is 0 Å². The van der Waals surface area contributed by atoms with Gasteiger partial charge in [-0.25, -0.2) is 0 Å². The van der Waals surface area contributed by atoms with Gasteiger partial charge in [0.15, 0.2) is 0 Å². The smallest absolute Gasteiger partial charge is 0.0366 e. The van der Waals surface area contributed by atoms with Crippen molar-refractivity contribution in [1.29, 1.82) is 0 Å². The van der Waals surface area contributed by atoms with Gasteiger partial charge in [-0.3, -0.25) is 0 Å². The molecule has 2 aromatic rings. The van der Waals surface area contributed by atoms with E-state index in [4.69, 9.17) is 0 Å². The quantitative estimate of drug-likeness (QED) is 0.820. The van der Waals surface area contributed by atoms with E-state index in [0.29, 0.717) is 6.04 Å². The third kappa shape index (κ3) is 4.33. The van der Waals surface area contributed by atoms with E-state index in [2.05, 4.69) is 78.7 Å². The van der Waals surface area contributed by atoms with Crippen molar-refractivity contribution in [3.8, 4) is 0 Å². The normalized spacial score (nSPS) is 12.1. The fourth-order valence-electron chi connectivity index (χ4n) is 2.67. The topological polar surface area (TPSA) is 15.3 Å². The molecule has 2 aromatic carbocycles. The van der Waals surface area contributed by atoms with Crippen LogP contribution in [-0.4, -0.2) is 20.1 Å². The summed E-state index contributed by atoms with van der Waals surface area (Å²) >= 11 is 0. The first kappa shape index (κ1) is 15.6. The predicted molar refractivity (Wildman–Crippen MR) is 91.9 cm³/mol. The molecule has 112 valence electrons. The van der Waals surface area contributed by atoms with Crippen molar-refractivity contribution in [1.82, 2.24) is 5.32 Å². The zero-order valence-corrected chi connectivity index (χ0v) is 13.3. The third-order valence-electron chi connectivity index (χ3n) is 4.02. The Labute approximate surface area is 128 Å². The Balaban J connectivity index is 2.00. The van der Waals surface area contributed by atoms with E-state index >= 15 is 0 Å². The van der Waals surface area contributed by atoms with E-state index < -0.39 is 0 Å². The van der Waals surface area contributed by atoms with Crippen LogP contribution in [-0.2, 0) is 0 Å². The molecule has 1 N–H and O–H groups in total. The molecule has 0 amide bonds. The molecule has 2 rings (SSSR count). The highest BCUT2D eigenvalue weighted by Gasteiger charge is 2.11. The average Bonchev–Trinajstić information content (AvgIpc) is 2.54. The molecule has 2 heteroatoms. The molecule has 0 radical (unpaired) electrons. The molecule has 21 heavy (non-hydrogen) atoms. The fourth-order valence-corrected chi connectivity index (χ4v) is 2.67. The first-order chi connectivity index (χ1) is 10.2. The molecule has 1 atom stereocenters. The van der Waals surface area contributed by atoms with Gasteiger partial charge in [0.25, 0.3) is 0 Å². The Bertz CT molecular complexity index is 519. The van der Waals surface area contributed by atoms with E-state index in [0.717, 1.165) is 19.5 Å². The van der Waals surface area contributed by atoms with Crippen LogP contribution >= 0.6 is 0 Å². The van der Waals surface area contributed by atoms with Gasteiger partial charge in [0, 0.05) is 24.8 Å². The van der Waals surface area contributed by atoms with Gasteiger partial charge in [-0.05, 0) is 45.0 Å². The largest absolute Gasteiger partial charge is 0.372 e. The lowest BCUT2D eigenvalue weighted by Gasteiger charge is -2.26. The molecule has 0 heterocycles. The Morgan fingerprint density at radius 1 is 1.00 bits per heavy atom. The number of nitrogens with one attached hydrogen (secondary N) is 1. The number of hydrogen-bond donors (Lipinski definition) is 1. The second-order valence-electron chi connectivity index (χ2n) is 5.46. The molecule has 2 nitrogen and oxygen atoms in total. The lowest BCUT2D eigenvalue weighted by atomic mass is 10.0. The van der Waals surface area contributed by atoms with Gasteiger partial charge in [0.2, 0.25) is 0 Å². The standard InChI is InChI=1S/C19H26N2/c1-4-21(18-12-10-16(2)11-13-18)15-14-19(20-3)17-8-6-5-7-9-17/h5-13,19-20H,4,14-15H2,1-3H3. The van der Waals surface area contributed by atoms with Crippen LogP contribution in [0.2, 0.25) is 0 Å². The highest BCUT2D eigenvalue weighted by molar-refractivity contribution is 5.47. The molecule has 0 saturated carbocycles. The Hall–Kier alpha value is -1.80.